The number of carboxylic acid groups (broad SMARTS) is 1. The summed E-state index contributed by atoms with van der Waals surface area (Å²) in [6.45, 7) is 1.54. The number of hydrogen-bond acceptors (Lipinski definition) is 10. The molecular weight excluding hydrogens is 585 g/mol. The molecule has 2 aliphatic carbocycles. The summed E-state index contributed by atoms with van der Waals surface area (Å²) < 4.78 is 49.2. The second kappa shape index (κ2) is 20.4. The topological polar surface area (TPSA) is 186 Å². The Morgan fingerprint density at radius 1 is 0.837 bits per heavy atom. The van der Waals surface area contributed by atoms with E-state index in [0.717, 1.165) is 70.6 Å². The number of unbranched alkanes of at least 4 members (excludes halogenated alkanes) is 1. The standard InChI is InChI=1S/C28H50N3O11P/c1-3-4-17-24(25(32)33)31(2)26(29)30-43(36,39-20-11-18-37-27(34)41-22-13-7-5-8-14-22)40-21-12-19-38-28(35)42-23-15-9-6-10-16-23/h22-24H,3-21H2,1-2H3,(H,32,33)(H2,29,30,36). The van der Waals surface area contributed by atoms with E-state index in [4.69, 9.17) is 33.7 Å². The Bertz CT molecular complexity index is 878. The first kappa shape index (κ1) is 36.6. The molecule has 0 aromatic heterocycles. The van der Waals surface area contributed by atoms with Crippen LogP contribution in [-0.4, -0.2) is 86.0 Å². The van der Waals surface area contributed by atoms with E-state index in [2.05, 4.69) is 4.76 Å². The van der Waals surface area contributed by atoms with Gasteiger partial charge in [0.2, 0.25) is 5.96 Å². The summed E-state index contributed by atoms with van der Waals surface area (Å²) in [4.78, 5) is 36.9. The molecule has 15 heteroatoms. The highest BCUT2D eigenvalue weighted by Gasteiger charge is 2.29. The van der Waals surface area contributed by atoms with Crippen molar-refractivity contribution >= 4 is 32.0 Å². The van der Waals surface area contributed by atoms with Gasteiger partial charge in [0.25, 0.3) is 0 Å². The van der Waals surface area contributed by atoms with Gasteiger partial charge < -0.3 is 34.7 Å². The van der Waals surface area contributed by atoms with E-state index >= 15 is 0 Å². The van der Waals surface area contributed by atoms with Crippen molar-refractivity contribution in [2.75, 3.05) is 33.5 Å². The van der Waals surface area contributed by atoms with Crippen LogP contribution in [0.2, 0.25) is 0 Å². The number of rotatable bonds is 18. The number of guanidine groups is 1. The number of ether oxygens (including phenoxy) is 4. The van der Waals surface area contributed by atoms with E-state index in [1.807, 2.05) is 6.92 Å². The molecule has 3 N–H and O–H groups in total. The lowest BCUT2D eigenvalue weighted by atomic mass is 9.98. The Hall–Kier alpha value is -2.57. The van der Waals surface area contributed by atoms with Crippen LogP contribution in [0.1, 0.15) is 103 Å². The Morgan fingerprint density at radius 2 is 1.30 bits per heavy atom. The third-order valence-corrected chi connectivity index (χ3v) is 8.79. The molecule has 2 rings (SSSR count). The smallest absolute Gasteiger partial charge is 0.480 e. The van der Waals surface area contributed by atoms with Crippen LogP contribution in [0.3, 0.4) is 0 Å². The molecule has 0 amide bonds. The lowest BCUT2D eigenvalue weighted by Gasteiger charge is -2.26. The molecule has 2 saturated carbocycles. The van der Waals surface area contributed by atoms with Gasteiger partial charge in [0.1, 0.15) is 18.2 Å². The number of nitrogens with zero attached hydrogens (tertiary/aromatic N) is 2. The van der Waals surface area contributed by atoms with E-state index in [1.54, 1.807) is 0 Å². The Labute approximate surface area is 254 Å². The third-order valence-electron chi connectivity index (χ3n) is 7.33. The van der Waals surface area contributed by atoms with Gasteiger partial charge in [-0.3, -0.25) is 9.05 Å². The van der Waals surface area contributed by atoms with Crippen LogP contribution in [-0.2, 0) is 37.4 Å². The third kappa shape index (κ3) is 15.1. The first-order chi connectivity index (χ1) is 20.6. The fourth-order valence-corrected chi connectivity index (χ4v) is 6.13. The highest BCUT2D eigenvalue weighted by Crippen LogP contribution is 2.50. The maximum atomic E-state index is 13.5. The highest BCUT2D eigenvalue weighted by atomic mass is 31.2. The predicted molar refractivity (Wildman–Crippen MR) is 158 cm³/mol. The summed E-state index contributed by atoms with van der Waals surface area (Å²) in [5, 5.41) is 9.63. The quantitative estimate of drug-likeness (QED) is 0.0608. The second-order valence-corrected chi connectivity index (χ2v) is 12.5. The molecule has 0 saturated heterocycles. The summed E-state index contributed by atoms with van der Waals surface area (Å²) in [7, 11) is -2.79. The van der Waals surface area contributed by atoms with Gasteiger partial charge >= 0.3 is 26.0 Å². The number of carbonyl (C=O) groups is 3. The largest absolute Gasteiger partial charge is 0.508 e. The maximum absolute atomic E-state index is 13.5. The van der Waals surface area contributed by atoms with Crippen molar-refractivity contribution in [3.8, 4) is 0 Å². The number of nitrogens with two attached hydrogens (primary N) is 1. The van der Waals surface area contributed by atoms with Crippen LogP contribution in [0.25, 0.3) is 0 Å². The van der Waals surface area contributed by atoms with Crippen LogP contribution in [0.5, 0.6) is 0 Å². The van der Waals surface area contributed by atoms with E-state index in [1.165, 1.54) is 11.9 Å². The van der Waals surface area contributed by atoms with Crippen molar-refractivity contribution in [2.24, 2.45) is 10.5 Å². The first-order valence-electron chi connectivity index (χ1n) is 15.5. The molecule has 43 heavy (non-hydrogen) atoms. The minimum Gasteiger partial charge on any atom is -0.480 e. The number of hydrogen-bond donors (Lipinski definition) is 2. The van der Waals surface area contributed by atoms with Gasteiger partial charge in [0.15, 0.2) is 0 Å². The fraction of sp³-hybridized carbons (Fsp3) is 0.857. The average molecular weight is 636 g/mol. The molecule has 0 aromatic carbocycles. The summed E-state index contributed by atoms with van der Waals surface area (Å²) in [6.07, 6.45) is 9.90. The van der Waals surface area contributed by atoms with Gasteiger partial charge in [-0.1, -0.05) is 32.6 Å². The summed E-state index contributed by atoms with van der Waals surface area (Å²) in [5.41, 5.74) is 6.04. The van der Waals surface area contributed by atoms with Gasteiger partial charge in [0, 0.05) is 19.9 Å². The zero-order valence-electron chi connectivity index (χ0n) is 25.6. The van der Waals surface area contributed by atoms with Crippen molar-refractivity contribution in [1.82, 2.24) is 4.90 Å². The van der Waals surface area contributed by atoms with E-state index in [-0.39, 0.29) is 57.4 Å². The van der Waals surface area contributed by atoms with Crippen LogP contribution in [0, 0.1) is 0 Å². The molecule has 1 unspecified atom stereocenters. The van der Waals surface area contributed by atoms with Gasteiger partial charge in [-0.25, -0.2) is 18.9 Å². The van der Waals surface area contributed by atoms with Crippen molar-refractivity contribution in [1.29, 1.82) is 0 Å². The van der Waals surface area contributed by atoms with Gasteiger partial charge in [-0.2, -0.15) is 0 Å². The van der Waals surface area contributed by atoms with E-state index in [0.29, 0.717) is 12.8 Å². The normalized spacial score (nSPS) is 17.6. The van der Waals surface area contributed by atoms with Crippen LogP contribution in [0.15, 0.2) is 4.76 Å². The predicted octanol–water partition coefficient (Wildman–Crippen LogP) is 5.77. The minimum absolute atomic E-state index is 0.0420. The van der Waals surface area contributed by atoms with E-state index in [9.17, 15) is 24.1 Å². The van der Waals surface area contributed by atoms with Crippen molar-refractivity contribution in [3.63, 3.8) is 0 Å². The summed E-state index contributed by atoms with van der Waals surface area (Å²) in [5.74, 6) is -1.42. The zero-order chi connectivity index (χ0) is 31.5. The molecule has 0 radical (unpaired) electrons. The van der Waals surface area contributed by atoms with Crippen molar-refractivity contribution in [3.05, 3.63) is 0 Å². The highest BCUT2D eigenvalue weighted by molar-refractivity contribution is 7.52. The van der Waals surface area contributed by atoms with Gasteiger partial charge in [0.05, 0.1) is 26.4 Å². The van der Waals surface area contributed by atoms with Crippen molar-refractivity contribution < 1.29 is 52.1 Å². The molecule has 0 aliphatic heterocycles. The van der Waals surface area contributed by atoms with Gasteiger partial charge in [-0.05, 0) is 57.8 Å². The van der Waals surface area contributed by atoms with Gasteiger partial charge in [-0.15, -0.1) is 4.76 Å². The monoisotopic (exact) mass is 635 g/mol. The molecule has 0 spiro atoms. The minimum atomic E-state index is -4.23. The fourth-order valence-electron chi connectivity index (χ4n) is 4.83. The number of likely N-dealkylation sites (N-methyl/N-ethyl adjacent to an activating group) is 1. The zero-order valence-corrected chi connectivity index (χ0v) is 26.5. The second-order valence-electron chi connectivity index (χ2n) is 10.9. The lowest BCUT2D eigenvalue weighted by Crippen LogP contribution is -2.46. The van der Waals surface area contributed by atoms with Crippen LogP contribution < -0.4 is 5.73 Å². The summed E-state index contributed by atoms with van der Waals surface area (Å²) >= 11 is 0. The molecule has 0 bridgehead atoms. The molecule has 14 nitrogen and oxygen atoms in total. The molecule has 1 atom stereocenters. The van der Waals surface area contributed by atoms with E-state index < -0.39 is 32.1 Å². The van der Waals surface area contributed by atoms with Crippen LogP contribution in [0.4, 0.5) is 9.59 Å². The SMILES string of the molecule is CCCCC(C(=O)O)N(C)C(N)=NP(=O)(OCCCOC(=O)OC1CCCCC1)OCCCOC(=O)OC1CCCCC1. The Balaban J connectivity index is 1.88. The molecule has 2 fully saturated rings. The number of carbonyl (C=O) groups excluding carboxylic acids is 2. The first-order valence-corrected chi connectivity index (χ1v) is 17.0. The molecule has 0 aromatic rings. The maximum Gasteiger partial charge on any atom is 0.508 e. The van der Waals surface area contributed by atoms with Crippen LogP contribution >= 0.6 is 7.75 Å². The number of aliphatic carboxylic acids is 1. The lowest BCUT2D eigenvalue weighted by molar-refractivity contribution is -0.141. The average Bonchev–Trinajstić information content (AvgIpc) is 2.97. The summed E-state index contributed by atoms with van der Waals surface area (Å²) in [6, 6.07) is -0.982. The Kier molecular flexibility index (Phi) is 17.4. The molecule has 0 heterocycles. The molecular formula is C28H50N3O11P. The molecule has 2 aliphatic rings. The number of carboxylic acids is 1. The molecule has 248 valence electrons. The van der Waals surface area contributed by atoms with Crippen molar-refractivity contribution in [2.45, 2.75) is 121 Å². The Morgan fingerprint density at radius 3 is 1.72 bits per heavy atom.